The zero-order valence-corrected chi connectivity index (χ0v) is 20.0. The Bertz CT molecular complexity index is 1500. The van der Waals surface area contributed by atoms with Gasteiger partial charge in [0.25, 0.3) is 0 Å². The maximum atomic E-state index is 13.8. The number of para-hydroxylation sites is 1. The summed E-state index contributed by atoms with van der Waals surface area (Å²) in [5.74, 6) is 1.16. The maximum absolute atomic E-state index is 13.8. The summed E-state index contributed by atoms with van der Waals surface area (Å²) in [6.07, 6.45) is 2.70. The van der Waals surface area contributed by atoms with E-state index in [-0.39, 0.29) is 29.4 Å². The minimum absolute atomic E-state index is 0.0358. The largest absolute Gasteiger partial charge is 0.457 e. The summed E-state index contributed by atoms with van der Waals surface area (Å²) in [7, 11) is 0. The molecule has 0 radical (unpaired) electrons. The third-order valence-corrected chi connectivity index (χ3v) is 6.24. The lowest BCUT2D eigenvalue weighted by Gasteiger charge is -2.32. The molecule has 36 heavy (non-hydrogen) atoms. The Morgan fingerprint density at radius 2 is 1.78 bits per heavy atom. The highest BCUT2D eigenvalue weighted by atomic mass is 35.5. The second kappa shape index (κ2) is 9.74. The van der Waals surface area contributed by atoms with E-state index < -0.39 is 0 Å². The van der Waals surface area contributed by atoms with Crippen molar-refractivity contribution in [2.24, 2.45) is 0 Å². The minimum Gasteiger partial charge on any atom is -0.457 e. The third-order valence-electron chi connectivity index (χ3n) is 6.11. The third kappa shape index (κ3) is 4.38. The summed E-state index contributed by atoms with van der Waals surface area (Å²) in [6.45, 7) is 0.902. The van der Waals surface area contributed by atoms with Crippen LogP contribution in [-0.4, -0.2) is 43.0 Å². The molecule has 1 fully saturated rings. The van der Waals surface area contributed by atoms with E-state index in [1.54, 1.807) is 33.7 Å². The quantitative estimate of drug-likeness (QED) is 0.396. The number of nitrogens with zero attached hydrogens (tertiary/aromatic N) is 5. The number of amides is 1. The van der Waals surface area contributed by atoms with Crippen LogP contribution >= 0.6 is 11.6 Å². The molecule has 10 nitrogen and oxygen atoms in total. The summed E-state index contributed by atoms with van der Waals surface area (Å²) in [5.41, 5.74) is 14.2. The van der Waals surface area contributed by atoms with Crippen molar-refractivity contribution in [1.29, 1.82) is 0 Å². The first-order chi connectivity index (χ1) is 17.5. The zero-order valence-electron chi connectivity index (χ0n) is 19.3. The van der Waals surface area contributed by atoms with Gasteiger partial charge in [-0.3, -0.25) is 13.9 Å². The lowest BCUT2D eigenvalue weighted by molar-refractivity contribution is -0.127. The van der Waals surface area contributed by atoms with Crippen LogP contribution < -0.4 is 21.9 Å². The van der Waals surface area contributed by atoms with Gasteiger partial charge in [0.05, 0.1) is 11.7 Å². The molecular weight excluding hydrogens is 482 g/mol. The van der Waals surface area contributed by atoms with Crippen LogP contribution in [0, 0.1) is 0 Å². The summed E-state index contributed by atoms with van der Waals surface area (Å²) in [4.78, 5) is 36.3. The number of carbonyl (C=O) groups is 1. The standard InChI is InChI=1S/C25H24ClN7O3/c26-13-12-20(34)31-14-4-5-17(15-31)33-23-21(22(27)29-24(28)30-23)32(25(33)35)16-8-10-19(11-9-16)36-18-6-2-1-3-7-18/h1-3,6-13,17H,4-5,14-15H2,(H4,27,28,29,30). The molecule has 5 rings (SSSR count). The Balaban J connectivity index is 1.57. The summed E-state index contributed by atoms with van der Waals surface area (Å²) >= 11 is 5.59. The van der Waals surface area contributed by atoms with Gasteiger partial charge in [0.2, 0.25) is 11.9 Å². The zero-order chi connectivity index (χ0) is 25.2. The molecule has 184 valence electrons. The predicted octanol–water partition coefficient (Wildman–Crippen LogP) is 3.45. The van der Waals surface area contributed by atoms with E-state index in [0.717, 1.165) is 0 Å². The van der Waals surface area contributed by atoms with Crippen LogP contribution in [0.3, 0.4) is 0 Å². The van der Waals surface area contributed by atoms with E-state index in [9.17, 15) is 9.59 Å². The van der Waals surface area contributed by atoms with Gasteiger partial charge in [-0.15, -0.1) is 0 Å². The molecule has 0 saturated carbocycles. The van der Waals surface area contributed by atoms with Crippen LogP contribution in [0.4, 0.5) is 11.8 Å². The Hall–Kier alpha value is -4.31. The average Bonchev–Trinajstić information content (AvgIpc) is 3.17. The van der Waals surface area contributed by atoms with Gasteiger partial charge in [-0.1, -0.05) is 29.8 Å². The topological polar surface area (TPSA) is 134 Å². The maximum Gasteiger partial charge on any atom is 0.335 e. The molecule has 0 spiro atoms. The molecule has 2 aromatic carbocycles. The number of piperidine rings is 1. The summed E-state index contributed by atoms with van der Waals surface area (Å²) in [6, 6.07) is 16.1. The molecule has 11 heteroatoms. The molecule has 4 aromatic rings. The number of hydrogen-bond acceptors (Lipinski definition) is 7. The van der Waals surface area contributed by atoms with Gasteiger partial charge in [-0.2, -0.15) is 9.97 Å². The molecule has 1 aliphatic heterocycles. The van der Waals surface area contributed by atoms with E-state index in [1.807, 2.05) is 30.3 Å². The van der Waals surface area contributed by atoms with Crippen LogP contribution in [0.1, 0.15) is 18.9 Å². The van der Waals surface area contributed by atoms with Crippen molar-refractivity contribution in [2.45, 2.75) is 18.9 Å². The number of carbonyl (C=O) groups excluding carboxylic acids is 1. The lowest BCUT2D eigenvalue weighted by Crippen LogP contribution is -2.42. The summed E-state index contributed by atoms with van der Waals surface area (Å²) < 4.78 is 8.90. The number of hydrogen-bond donors (Lipinski definition) is 2. The van der Waals surface area contributed by atoms with Gasteiger partial charge in [-0.05, 0) is 49.2 Å². The highest BCUT2D eigenvalue weighted by molar-refractivity contribution is 6.26. The second-order valence-corrected chi connectivity index (χ2v) is 8.66. The van der Waals surface area contributed by atoms with Crippen molar-refractivity contribution in [3.8, 4) is 17.2 Å². The molecule has 1 amide bonds. The Labute approximate surface area is 211 Å². The molecular formula is C25H24ClN7O3. The number of nitrogen functional groups attached to an aromatic ring is 2. The normalized spacial score (nSPS) is 16.0. The molecule has 1 atom stereocenters. The second-order valence-electron chi connectivity index (χ2n) is 8.41. The molecule has 1 saturated heterocycles. The van der Waals surface area contributed by atoms with E-state index >= 15 is 0 Å². The number of ether oxygens (including phenoxy) is 1. The number of anilines is 2. The molecule has 3 heterocycles. The van der Waals surface area contributed by atoms with Crippen LogP contribution in [0.15, 0.2) is 71.0 Å². The number of aromatic nitrogens is 4. The van der Waals surface area contributed by atoms with Crippen molar-refractivity contribution in [2.75, 3.05) is 24.6 Å². The first-order valence-electron chi connectivity index (χ1n) is 11.4. The van der Waals surface area contributed by atoms with Crippen LogP contribution in [-0.2, 0) is 4.79 Å². The lowest BCUT2D eigenvalue weighted by atomic mass is 10.1. The molecule has 4 N–H and O–H groups in total. The molecule has 2 aromatic heterocycles. The van der Waals surface area contributed by atoms with Crippen LogP contribution in [0.25, 0.3) is 16.9 Å². The first kappa shape index (κ1) is 23.4. The van der Waals surface area contributed by atoms with E-state index in [1.165, 1.54) is 16.2 Å². The van der Waals surface area contributed by atoms with Gasteiger partial charge in [0.1, 0.15) is 17.0 Å². The number of rotatable bonds is 5. The summed E-state index contributed by atoms with van der Waals surface area (Å²) in [5, 5.41) is 0. The SMILES string of the molecule is Nc1nc(N)c2c(n1)n(C1CCCN(C(=O)C=CCl)C1)c(=O)n2-c1ccc(Oc2ccccc2)cc1. The van der Waals surface area contributed by atoms with E-state index in [0.29, 0.717) is 54.3 Å². The van der Waals surface area contributed by atoms with Crippen LogP contribution in [0.2, 0.25) is 0 Å². The Morgan fingerprint density at radius 1 is 1.06 bits per heavy atom. The molecule has 0 bridgehead atoms. The number of halogens is 1. The molecule has 1 aliphatic rings. The number of fused-ring (bicyclic) bond motifs is 1. The molecule has 1 unspecified atom stereocenters. The van der Waals surface area contributed by atoms with Gasteiger partial charge in [-0.25, -0.2) is 4.79 Å². The van der Waals surface area contributed by atoms with Gasteiger partial charge < -0.3 is 21.1 Å². The van der Waals surface area contributed by atoms with E-state index in [2.05, 4.69) is 9.97 Å². The van der Waals surface area contributed by atoms with Crippen molar-refractivity contribution in [1.82, 2.24) is 24.0 Å². The highest BCUT2D eigenvalue weighted by Crippen LogP contribution is 2.29. The van der Waals surface area contributed by atoms with Crippen molar-refractivity contribution < 1.29 is 9.53 Å². The number of benzene rings is 2. The Morgan fingerprint density at radius 3 is 2.50 bits per heavy atom. The van der Waals surface area contributed by atoms with Gasteiger partial charge in [0, 0.05) is 24.7 Å². The monoisotopic (exact) mass is 505 g/mol. The fraction of sp³-hybridized carbons (Fsp3) is 0.200. The smallest absolute Gasteiger partial charge is 0.335 e. The molecule has 0 aliphatic carbocycles. The van der Waals surface area contributed by atoms with Crippen molar-refractivity contribution >= 4 is 40.4 Å². The van der Waals surface area contributed by atoms with Gasteiger partial charge >= 0.3 is 5.69 Å². The number of imidazole rings is 1. The fourth-order valence-corrected chi connectivity index (χ4v) is 4.64. The van der Waals surface area contributed by atoms with Gasteiger partial charge in [0.15, 0.2) is 11.5 Å². The number of nitrogens with two attached hydrogens (primary N) is 2. The fourth-order valence-electron chi connectivity index (χ4n) is 4.54. The predicted molar refractivity (Wildman–Crippen MR) is 138 cm³/mol. The van der Waals surface area contributed by atoms with Crippen molar-refractivity contribution in [3.63, 3.8) is 0 Å². The Kier molecular flexibility index (Phi) is 6.34. The minimum atomic E-state index is -0.347. The van der Waals surface area contributed by atoms with E-state index in [4.69, 9.17) is 27.8 Å². The average molecular weight is 506 g/mol. The first-order valence-corrected chi connectivity index (χ1v) is 11.8. The van der Waals surface area contributed by atoms with Crippen molar-refractivity contribution in [3.05, 3.63) is 76.7 Å². The number of likely N-dealkylation sites (tertiary alicyclic amines) is 1. The van der Waals surface area contributed by atoms with Crippen LogP contribution in [0.5, 0.6) is 11.5 Å². The highest BCUT2D eigenvalue weighted by Gasteiger charge is 2.29.